The SMILES string of the molecule is CC(O)CCNS(=O)(=O)c1ccccc1C#N. The van der Waals surface area contributed by atoms with E-state index in [1.165, 1.54) is 12.1 Å². The molecule has 1 atom stereocenters. The fraction of sp³-hybridized carbons (Fsp3) is 0.364. The van der Waals surface area contributed by atoms with Crippen molar-refractivity contribution in [2.75, 3.05) is 6.54 Å². The third-order valence-corrected chi connectivity index (χ3v) is 3.67. The zero-order valence-corrected chi connectivity index (χ0v) is 10.2. The number of hydrogen-bond donors (Lipinski definition) is 2. The third-order valence-electron chi connectivity index (χ3n) is 2.15. The Kier molecular flexibility index (Phi) is 4.63. The van der Waals surface area contributed by atoms with Crippen LogP contribution in [0.4, 0.5) is 0 Å². The maximum atomic E-state index is 11.8. The van der Waals surface area contributed by atoms with Crippen LogP contribution in [-0.2, 0) is 10.0 Å². The quantitative estimate of drug-likeness (QED) is 0.805. The number of nitrogens with zero attached hydrogens (tertiary/aromatic N) is 1. The predicted molar refractivity (Wildman–Crippen MR) is 62.6 cm³/mol. The van der Waals surface area contributed by atoms with Crippen LogP contribution >= 0.6 is 0 Å². The minimum Gasteiger partial charge on any atom is -0.393 e. The zero-order chi connectivity index (χ0) is 12.9. The molecule has 0 amide bonds. The molecular formula is C11H14N2O3S. The first-order valence-electron chi connectivity index (χ1n) is 5.14. The number of rotatable bonds is 5. The Bertz CT molecular complexity index is 518. The molecule has 0 radical (unpaired) electrons. The van der Waals surface area contributed by atoms with Gasteiger partial charge in [0.25, 0.3) is 0 Å². The Morgan fingerprint density at radius 3 is 2.71 bits per heavy atom. The summed E-state index contributed by atoms with van der Waals surface area (Å²) in [7, 11) is -3.68. The molecule has 0 aromatic heterocycles. The van der Waals surface area contributed by atoms with Crippen molar-refractivity contribution in [3.63, 3.8) is 0 Å². The highest BCUT2D eigenvalue weighted by Crippen LogP contribution is 2.13. The highest BCUT2D eigenvalue weighted by molar-refractivity contribution is 7.89. The summed E-state index contributed by atoms with van der Waals surface area (Å²) < 4.78 is 26.0. The van der Waals surface area contributed by atoms with Gasteiger partial charge in [0.05, 0.1) is 16.6 Å². The molecule has 1 aromatic rings. The van der Waals surface area contributed by atoms with Crippen molar-refractivity contribution < 1.29 is 13.5 Å². The van der Waals surface area contributed by atoms with Crippen molar-refractivity contribution in [2.45, 2.75) is 24.3 Å². The van der Waals surface area contributed by atoms with Crippen LogP contribution in [0.1, 0.15) is 18.9 Å². The van der Waals surface area contributed by atoms with E-state index in [1.54, 1.807) is 19.1 Å². The Balaban J connectivity index is 2.87. The summed E-state index contributed by atoms with van der Waals surface area (Å²) in [6, 6.07) is 7.82. The van der Waals surface area contributed by atoms with Gasteiger partial charge in [-0.15, -0.1) is 0 Å². The first-order valence-corrected chi connectivity index (χ1v) is 6.62. The molecule has 1 unspecified atom stereocenters. The van der Waals surface area contributed by atoms with Crippen molar-refractivity contribution in [1.29, 1.82) is 5.26 Å². The predicted octanol–water partition coefficient (Wildman–Crippen LogP) is 0.607. The smallest absolute Gasteiger partial charge is 0.241 e. The second kappa shape index (κ2) is 5.77. The molecule has 92 valence electrons. The lowest BCUT2D eigenvalue weighted by Gasteiger charge is -2.08. The Hall–Kier alpha value is -1.42. The van der Waals surface area contributed by atoms with Crippen LogP contribution in [0.15, 0.2) is 29.2 Å². The lowest BCUT2D eigenvalue weighted by atomic mass is 10.2. The minimum atomic E-state index is -3.68. The Morgan fingerprint density at radius 2 is 2.12 bits per heavy atom. The maximum absolute atomic E-state index is 11.8. The molecule has 5 nitrogen and oxygen atoms in total. The van der Waals surface area contributed by atoms with E-state index in [2.05, 4.69) is 4.72 Å². The molecule has 6 heteroatoms. The zero-order valence-electron chi connectivity index (χ0n) is 9.42. The van der Waals surface area contributed by atoms with Gasteiger partial charge in [-0.2, -0.15) is 5.26 Å². The summed E-state index contributed by atoms with van der Waals surface area (Å²) in [6.07, 6.45) is -0.238. The maximum Gasteiger partial charge on any atom is 0.241 e. The average molecular weight is 254 g/mol. The van der Waals surface area contributed by atoms with E-state index >= 15 is 0 Å². The highest BCUT2D eigenvalue weighted by Gasteiger charge is 2.17. The van der Waals surface area contributed by atoms with Crippen LogP contribution in [0, 0.1) is 11.3 Å². The summed E-state index contributed by atoms with van der Waals surface area (Å²) in [5, 5.41) is 17.8. The van der Waals surface area contributed by atoms with E-state index < -0.39 is 16.1 Å². The monoisotopic (exact) mass is 254 g/mol. The molecule has 0 bridgehead atoms. The summed E-state index contributed by atoms with van der Waals surface area (Å²) in [5.41, 5.74) is 0.108. The summed E-state index contributed by atoms with van der Waals surface area (Å²) in [6.45, 7) is 1.72. The molecule has 0 saturated carbocycles. The Morgan fingerprint density at radius 1 is 1.47 bits per heavy atom. The van der Waals surface area contributed by atoms with Crippen LogP contribution in [0.25, 0.3) is 0 Å². The number of hydrogen-bond acceptors (Lipinski definition) is 4. The van der Waals surface area contributed by atoms with Crippen molar-refractivity contribution in [2.24, 2.45) is 0 Å². The standard InChI is InChI=1S/C11H14N2O3S/c1-9(14)6-7-13-17(15,16)11-5-3-2-4-10(11)8-12/h2-5,9,13-14H,6-7H2,1H3. The van der Waals surface area contributed by atoms with E-state index in [0.29, 0.717) is 6.42 Å². The normalized spacial score (nSPS) is 13.0. The van der Waals surface area contributed by atoms with Gasteiger partial charge >= 0.3 is 0 Å². The molecule has 2 N–H and O–H groups in total. The summed E-state index contributed by atoms with van der Waals surface area (Å²) >= 11 is 0. The second-order valence-corrected chi connectivity index (χ2v) is 5.38. The van der Waals surface area contributed by atoms with Gasteiger partial charge in [0.15, 0.2) is 0 Å². The van der Waals surface area contributed by atoms with Crippen molar-refractivity contribution in [3.8, 4) is 6.07 Å². The van der Waals surface area contributed by atoms with Gasteiger partial charge < -0.3 is 5.11 Å². The van der Waals surface area contributed by atoms with Crippen LogP contribution < -0.4 is 4.72 Å². The van der Waals surface area contributed by atoms with Gasteiger partial charge in [-0.3, -0.25) is 0 Å². The lowest BCUT2D eigenvalue weighted by molar-refractivity contribution is 0.186. The van der Waals surface area contributed by atoms with Crippen molar-refractivity contribution in [1.82, 2.24) is 4.72 Å². The van der Waals surface area contributed by atoms with E-state index in [1.807, 2.05) is 6.07 Å². The molecule has 0 aliphatic carbocycles. The first-order chi connectivity index (χ1) is 7.97. The van der Waals surface area contributed by atoms with Gasteiger partial charge in [0, 0.05) is 6.54 Å². The molecule has 0 heterocycles. The van der Waals surface area contributed by atoms with Crippen LogP contribution in [0.5, 0.6) is 0 Å². The van der Waals surface area contributed by atoms with Gasteiger partial charge in [-0.05, 0) is 25.5 Å². The molecule has 0 saturated heterocycles. The number of benzene rings is 1. The van der Waals surface area contributed by atoms with Gasteiger partial charge in [0.2, 0.25) is 10.0 Å². The first kappa shape index (κ1) is 13.6. The van der Waals surface area contributed by atoms with Crippen LogP contribution in [-0.4, -0.2) is 26.2 Å². The number of aliphatic hydroxyl groups excluding tert-OH is 1. The fourth-order valence-electron chi connectivity index (χ4n) is 1.27. The second-order valence-electron chi connectivity index (χ2n) is 3.64. The van der Waals surface area contributed by atoms with Crippen molar-refractivity contribution in [3.05, 3.63) is 29.8 Å². The largest absolute Gasteiger partial charge is 0.393 e. The molecule has 17 heavy (non-hydrogen) atoms. The highest BCUT2D eigenvalue weighted by atomic mass is 32.2. The molecule has 1 aromatic carbocycles. The number of sulfonamides is 1. The molecule has 0 aliphatic rings. The van der Waals surface area contributed by atoms with E-state index in [0.717, 1.165) is 0 Å². The minimum absolute atomic E-state index is 0.0342. The van der Waals surface area contributed by atoms with Gasteiger partial charge in [0.1, 0.15) is 6.07 Å². The molecule has 0 aliphatic heterocycles. The van der Waals surface area contributed by atoms with Crippen LogP contribution in [0.3, 0.4) is 0 Å². The molecule has 1 rings (SSSR count). The van der Waals surface area contributed by atoms with Crippen LogP contribution in [0.2, 0.25) is 0 Å². The molecular weight excluding hydrogens is 240 g/mol. The van der Waals surface area contributed by atoms with Crippen molar-refractivity contribution >= 4 is 10.0 Å². The van der Waals surface area contributed by atoms with Gasteiger partial charge in [-0.25, -0.2) is 13.1 Å². The summed E-state index contributed by atoms with van der Waals surface area (Å²) in [4.78, 5) is -0.0342. The van der Waals surface area contributed by atoms with E-state index in [4.69, 9.17) is 10.4 Å². The topological polar surface area (TPSA) is 90.2 Å². The third kappa shape index (κ3) is 3.82. The van der Waals surface area contributed by atoms with E-state index in [9.17, 15) is 8.42 Å². The number of nitriles is 1. The summed E-state index contributed by atoms with van der Waals surface area (Å²) in [5.74, 6) is 0. The fourth-order valence-corrected chi connectivity index (χ4v) is 2.48. The molecule has 0 fully saturated rings. The lowest BCUT2D eigenvalue weighted by Crippen LogP contribution is -2.27. The van der Waals surface area contributed by atoms with E-state index in [-0.39, 0.29) is 17.0 Å². The Labute approximate surface area is 101 Å². The number of nitrogens with one attached hydrogen (secondary N) is 1. The number of aliphatic hydroxyl groups is 1. The van der Waals surface area contributed by atoms with Gasteiger partial charge in [-0.1, -0.05) is 12.1 Å². The molecule has 0 spiro atoms. The average Bonchev–Trinajstić information content (AvgIpc) is 2.28.